The van der Waals surface area contributed by atoms with Gasteiger partial charge in [0.25, 0.3) is 0 Å². The number of likely N-dealkylation sites (tertiary alicyclic amines) is 1. The number of carbonyl (C=O) groups is 1. The summed E-state index contributed by atoms with van der Waals surface area (Å²) < 4.78 is 0. The Morgan fingerprint density at radius 3 is 2.60 bits per heavy atom. The quantitative estimate of drug-likeness (QED) is 0.728. The van der Waals surface area contributed by atoms with Crippen molar-refractivity contribution in [3.63, 3.8) is 0 Å². The number of piperazine rings is 1. The maximum absolute atomic E-state index is 12.4. The van der Waals surface area contributed by atoms with Crippen LogP contribution in [0, 0.1) is 0 Å². The fourth-order valence-electron chi connectivity index (χ4n) is 3.86. The van der Waals surface area contributed by atoms with E-state index in [2.05, 4.69) is 52.0 Å². The van der Waals surface area contributed by atoms with Crippen LogP contribution in [0.5, 0.6) is 0 Å². The van der Waals surface area contributed by atoms with Gasteiger partial charge in [0.1, 0.15) is 0 Å². The third-order valence-electron chi connectivity index (χ3n) is 5.28. The Bertz CT molecular complexity index is 531. The lowest BCUT2D eigenvalue weighted by Gasteiger charge is -2.44. The fourth-order valence-corrected chi connectivity index (χ4v) is 4.65. The molecule has 138 valence electrons. The van der Waals surface area contributed by atoms with Gasteiger partial charge in [-0.05, 0) is 37.1 Å². The van der Waals surface area contributed by atoms with Crippen molar-refractivity contribution in [1.82, 2.24) is 9.80 Å². The van der Waals surface area contributed by atoms with Gasteiger partial charge in [0.15, 0.2) is 0 Å². The summed E-state index contributed by atoms with van der Waals surface area (Å²) in [6, 6.07) is 11.2. The molecule has 2 saturated heterocycles. The number of hydrogen-bond acceptors (Lipinski definition) is 4. The molecule has 0 aromatic heterocycles. The van der Waals surface area contributed by atoms with Crippen LogP contribution in [0.1, 0.15) is 26.2 Å². The second kappa shape index (κ2) is 9.48. The van der Waals surface area contributed by atoms with Crippen molar-refractivity contribution in [3.05, 3.63) is 30.3 Å². The third-order valence-corrected chi connectivity index (χ3v) is 6.42. The number of carbonyl (C=O) groups excluding carboxylic acids is 1. The zero-order valence-electron chi connectivity index (χ0n) is 15.4. The highest BCUT2D eigenvalue weighted by Gasteiger charge is 2.29. The van der Waals surface area contributed by atoms with Gasteiger partial charge in [0.2, 0.25) is 5.91 Å². The molecule has 0 radical (unpaired) electrons. The standard InChI is InChI=1S/C20H31N3OS/c1-2-15-25-17-20(24)23-10-6-9-19(16-23)22-13-11-21(12-14-22)18-7-4-3-5-8-18/h3-5,7-8,19H,2,6,9-17H2,1H3. The molecule has 1 aromatic carbocycles. The Balaban J connectivity index is 1.47. The lowest BCUT2D eigenvalue weighted by atomic mass is 10.0. The van der Waals surface area contributed by atoms with Crippen LogP contribution < -0.4 is 4.90 Å². The van der Waals surface area contributed by atoms with Crippen molar-refractivity contribution in [2.45, 2.75) is 32.2 Å². The maximum Gasteiger partial charge on any atom is 0.232 e. The van der Waals surface area contributed by atoms with Gasteiger partial charge in [-0.3, -0.25) is 9.69 Å². The average molecular weight is 362 g/mol. The molecule has 0 bridgehead atoms. The van der Waals surface area contributed by atoms with E-state index < -0.39 is 0 Å². The number of thioether (sulfide) groups is 1. The first-order chi connectivity index (χ1) is 12.3. The molecule has 0 saturated carbocycles. The van der Waals surface area contributed by atoms with Crippen LogP contribution in [-0.2, 0) is 4.79 Å². The van der Waals surface area contributed by atoms with Crippen molar-refractivity contribution >= 4 is 23.4 Å². The fraction of sp³-hybridized carbons (Fsp3) is 0.650. The Labute approximate surface area is 156 Å². The van der Waals surface area contributed by atoms with Crippen molar-refractivity contribution in [2.75, 3.05) is 55.7 Å². The van der Waals surface area contributed by atoms with Gasteiger partial charge < -0.3 is 9.80 Å². The molecule has 0 N–H and O–H groups in total. The predicted octanol–water partition coefficient (Wildman–Crippen LogP) is 2.94. The SMILES string of the molecule is CCCSCC(=O)N1CCCC(N2CCN(c3ccccc3)CC2)C1. The summed E-state index contributed by atoms with van der Waals surface area (Å²) in [4.78, 5) is 19.6. The predicted molar refractivity (Wildman–Crippen MR) is 107 cm³/mol. The van der Waals surface area contributed by atoms with Gasteiger partial charge >= 0.3 is 0 Å². The summed E-state index contributed by atoms with van der Waals surface area (Å²) in [5.41, 5.74) is 1.33. The van der Waals surface area contributed by atoms with Gasteiger partial charge in [-0.25, -0.2) is 0 Å². The van der Waals surface area contributed by atoms with Crippen LogP contribution >= 0.6 is 11.8 Å². The van der Waals surface area contributed by atoms with Crippen molar-refractivity contribution in [1.29, 1.82) is 0 Å². The topological polar surface area (TPSA) is 26.8 Å². The Morgan fingerprint density at radius 1 is 1.12 bits per heavy atom. The van der Waals surface area contributed by atoms with Crippen LogP contribution in [-0.4, -0.2) is 72.5 Å². The first kappa shape index (κ1) is 18.6. The third kappa shape index (κ3) is 5.14. The van der Waals surface area contributed by atoms with Crippen LogP contribution in [0.2, 0.25) is 0 Å². The molecule has 5 heteroatoms. The Kier molecular flexibility index (Phi) is 7.05. The van der Waals surface area contributed by atoms with E-state index in [1.807, 2.05) is 0 Å². The van der Waals surface area contributed by atoms with E-state index >= 15 is 0 Å². The molecule has 1 aromatic rings. The van der Waals surface area contributed by atoms with Gasteiger partial charge in [-0.2, -0.15) is 11.8 Å². The number of nitrogens with zero attached hydrogens (tertiary/aromatic N) is 3. The summed E-state index contributed by atoms with van der Waals surface area (Å²) in [6.45, 7) is 8.42. The zero-order valence-corrected chi connectivity index (χ0v) is 16.2. The molecular weight excluding hydrogens is 330 g/mol. The van der Waals surface area contributed by atoms with Crippen LogP contribution in [0.25, 0.3) is 0 Å². The van der Waals surface area contributed by atoms with E-state index in [9.17, 15) is 4.79 Å². The molecule has 0 aliphatic carbocycles. The number of para-hydroxylation sites is 1. The van der Waals surface area contributed by atoms with Crippen molar-refractivity contribution < 1.29 is 4.79 Å². The van der Waals surface area contributed by atoms with E-state index in [1.165, 1.54) is 12.1 Å². The first-order valence-electron chi connectivity index (χ1n) is 9.67. The lowest BCUT2D eigenvalue weighted by molar-refractivity contribution is -0.130. The summed E-state index contributed by atoms with van der Waals surface area (Å²) in [7, 11) is 0. The van der Waals surface area contributed by atoms with E-state index in [1.54, 1.807) is 11.8 Å². The minimum Gasteiger partial charge on any atom is -0.369 e. The number of benzene rings is 1. The number of piperidine rings is 1. The van der Waals surface area contributed by atoms with Gasteiger partial charge in [-0.1, -0.05) is 25.1 Å². The zero-order chi connectivity index (χ0) is 17.5. The molecule has 1 unspecified atom stereocenters. The number of anilines is 1. The Morgan fingerprint density at radius 2 is 1.88 bits per heavy atom. The summed E-state index contributed by atoms with van der Waals surface area (Å²) >= 11 is 1.78. The molecule has 1 atom stereocenters. The van der Waals surface area contributed by atoms with Crippen LogP contribution in [0.15, 0.2) is 30.3 Å². The largest absolute Gasteiger partial charge is 0.369 e. The van der Waals surface area contributed by atoms with Crippen molar-refractivity contribution in [3.8, 4) is 0 Å². The van der Waals surface area contributed by atoms with Crippen LogP contribution in [0.4, 0.5) is 5.69 Å². The summed E-state index contributed by atoms with van der Waals surface area (Å²) in [5.74, 6) is 2.08. The highest BCUT2D eigenvalue weighted by molar-refractivity contribution is 7.99. The molecule has 4 nitrogen and oxygen atoms in total. The first-order valence-corrected chi connectivity index (χ1v) is 10.8. The molecule has 2 fully saturated rings. The number of hydrogen-bond donors (Lipinski definition) is 0. The van der Waals surface area contributed by atoms with E-state index in [0.717, 1.165) is 57.9 Å². The van der Waals surface area contributed by atoms with Gasteiger partial charge in [0, 0.05) is 51.0 Å². The second-order valence-electron chi connectivity index (χ2n) is 7.05. The second-order valence-corrected chi connectivity index (χ2v) is 8.15. The average Bonchev–Trinajstić information content (AvgIpc) is 2.69. The molecule has 1 amide bonds. The van der Waals surface area contributed by atoms with Gasteiger partial charge in [0.05, 0.1) is 5.75 Å². The number of rotatable bonds is 6. The van der Waals surface area contributed by atoms with E-state index in [0.29, 0.717) is 17.7 Å². The molecule has 3 rings (SSSR count). The molecule has 2 aliphatic rings. The minimum absolute atomic E-state index is 0.339. The smallest absolute Gasteiger partial charge is 0.232 e. The van der Waals surface area contributed by atoms with Crippen molar-refractivity contribution in [2.24, 2.45) is 0 Å². The number of amides is 1. The van der Waals surface area contributed by atoms with Crippen LogP contribution in [0.3, 0.4) is 0 Å². The lowest BCUT2D eigenvalue weighted by Crippen LogP contribution is -2.56. The highest BCUT2D eigenvalue weighted by atomic mass is 32.2. The minimum atomic E-state index is 0.339. The molecule has 25 heavy (non-hydrogen) atoms. The molecule has 2 aliphatic heterocycles. The van der Waals surface area contributed by atoms with Gasteiger partial charge in [-0.15, -0.1) is 0 Å². The Hall–Kier alpha value is -1.20. The maximum atomic E-state index is 12.4. The normalized spacial score (nSPS) is 22.2. The molecule has 2 heterocycles. The molecule has 0 spiro atoms. The highest BCUT2D eigenvalue weighted by Crippen LogP contribution is 2.21. The molecular formula is C20H31N3OS. The monoisotopic (exact) mass is 361 g/mol. The van der Waals surface area contributed by atoms with E-state index in [-0.39, 0.29) is 0 Å². The van der Waals surface area contributed by atoms with E-state index in [4.69, 9.17) is 0 Å². The summed E-state index contributed by atoms with van der Waals surface area (Å²) in [6.07, 6.45) is 3.53. The summed E-state index contributed by atoms with van der Waals surface area (Å²) in [5, 5.41) is 0.